The summed E-state index contributed by atoms with van der Waals surface area (Å²) in [5, 5.41) is 11.8. The number of ketones is 1. The summed E-state index contributed by atoms with van der Waals surface area (Å²) in [6.07, 6.45) is 3.55. The first-order valence-electron chi connectivity index (χ1n) is 8.04. The lowest BCUT2D eigenvalue weighted by Crippen LogP contribution is -2.37. The Labute approximate surface area is 131 Å². The van der Waals surface area contributed by atoms with Crippen LogP contribution in [-0.4, -0.2) is 29.4 Å². The summed E-state index contributed by atoms with van der Waals surface area (Å²) in [4.78, 5) is 23.8. The van der Waals surface area contributed by atoms with Crippen molar-refractivity contribution < 1.29 is 14.7 Å². The number of amides is 1. The van der Waals surface area contributed by atoms with Crippen molar-refractivity contribution in [3.8, 4) is 0 Å². The Morgan fingerprint density at radius 1 is 1.32 bits per heavy atom. The van der Waals surface area contributed by atoms with Crippen molar-refractivity contribution in [2.45, 2.75) is 51.5 Å². The van der Waals surface area contributed by atoms with Crippen molar-refractivity contribution in [1.29, 1.82) is 0 Å². The Bertz CT molecular complexity index is 524. The van der Waals surface area contributed by atoms with E-state index in [1.165, 1.54) is 0 Å². The first kappa shape index (κ1) is 16.7. The molecule has 120 valence electrons. The number of aliphatic hydroxyl groups is 1. The molecule has 0 unspecified atom stereocenters. The standard InChI is InChI=1S/C18H25NO3/c1-12(11-20)19-18(22)13(2)15-8-6-14(7-9-15)10-16-4-3-5-17(16)21/h6-9,12-13,16,20H,3-5,10-11H2,1-2H3,(H,19,22)/t12-,13-,16-/m1/s1. The van der Waals surface area contributed by atoms with Gasteiger partial charge in [0.1, 0.15) is 5.78 Å². The summed E-state index contributed by atoms with van der Waals surface area (Å²) >= 11 is 0. The second kappa shape index (κ2) is 7.54. The van der Waals surface area contributed by atoms with Gasteiger partial charge in [0.2, 0.25) is 5.91 Å². The Morgan fingerprint density at radius 2 is 2.00 bits per heavy atom. The fourth-order valence-corrected chi connectivity index (χ4v) is 2.90. The normalized spacial score (nSPS) is 20.7. The molecule has 0 aromatic heterocycles. The smallest absolute Gasteiger partial charge is 0.227 e. The third kappa shape index (κ3) is 4.17. The third-order valence-corrected chi connectivity index (χ3v) is 4.45. The molecule has 1 aromatic carbocycles. The molecule has 2 rings (SSSR count). The predicted molar refractivity (Wildman–Crippen MR) is 85.6 cm³/mol. The van der Waals surface area contributed by atoms with E-state index in [4.69, 9.17) is 5.11 Å². The van der Waals surface area contributed by atoms with Gasteiger partial charge in [-0.3, -0.25) is 9.59 Å². The van der Waals surface area contributed by atoms with Crippen LogP contribution < -0.4 is 5.32 Å². The average Bonchev–Trinajstić information content (AvgIpc) is 2.92. The second-order valence-corrected chi connectivity index (χ2v) is 6.32. The summed E-state index contributed by atoms with van der Waals surface area (Å²) in [5.74, 6) is 0.225. The summed E-state index contributed by atoms with van der Waals surface area (Å²) in [5.41, 5.74) is 2.10. The Hall–Kier alpha value is -1.68. The molecule has 1 saturated carbocycles. The van der Waals surface area contributed by atoms with E-state index < -0.39 is 0 Å². The summed E-state index contributed by atoms with van der Waals surface area (Å²) in [6.45, 7) is 3.56. The van der Waals surface area contributed by atoms with Crippen molar-refractivity contribution in [1.82, 2.24) is 5.32 Å². The molecule has 0 bridgehead atoms. The van der Waals surface area contributed by atoms with Gasteiger partial charge in [0.15, 0.2) is 0 Å². The number of rotatable bonds is 6. The van der Waals surface area contributed by atoms with E-state index in [0.29, 0.717) is 5.78 Å². The van der Waals surface area contributed by atoms with Crippen molar-refractivity contribution in [3.05, 3.63) is 35.4 Å². The lowest BCUT2D eigenvalue weighted by atomic mass is 9.94. The number of benzene rings is 1. The summed E-state index contributed by atoms with van der Waals surface area (Å²) in [7, 11) is 0. The van der Waals surface area contributed by atoms with Crippen LogP contribution in [0.1, 0.15) is 50.2 Å². The molecule has 0 spiro atoms. The van der Waals surface area contributed by atoms with Gasteiger partial charge < -0.3 is 10.4 Å². The first-order chi connectivity index (χ1) is 10.5. The van der Waals surface area contributed by atoms with E-state index in [1.807, 2.05) is 31.2 Å². The number of carbonyl (C=O) groups excluding carboxylic acids is 2. The number of Topliss-reactive ketones (excluding diaryl/α,β-unsaturated/α-hetero) is 1. The Balaban J connectivity index is 1.96. The first-order valence-corrected chi connectivity index (χ1v) is 8.04. The lowest BCUT2D eigenvalue weighted by Gasteiger charge is -2.16. The molecule has 1 aliphatic carbocycles. The van der Waals surface area contributed by atoms with E-state index in [1.54, 1.807) is 6.92 Å². The second-order valence-electron chi connectivity index (χ2n) is 6.32. The molecule has 0 saturated heterocycles. The fourth-order valence-electron chi connectivity index (χ4n) is 2.90. The molecule has 22 heavy (non-hydrogen) atoms. The quantitative estimate of drug-likeness (QED) is 0.846. The highest BCUT2D eigenvalue weighted by molar-refractivity contribution is 5.84. The van der Waals surface area contributed by atoms with Gasteiger partial charge in [-0.15, -0.1) is 0 Å². The maximum Gasteiger partial charge on any atom is 0.227 e. The molecule has 0 aliphatic heterocycles. The van der Waals surface area contributed by atoms with E-state index in [0.717, 1.165) is 36.8 Å². The van der Waals surface area contributed by atoms with E-state index in [-0.39, 0.29) is 30.4 Å². The minimum Gasteiger partial charge on any atom is -0.394 e. The maximum absolute atomic E-state index is 12.1. The fraction of sp³-hybridized carbons (Fsp3) is 0.556. The number of carbonyl (C=O) groups is 2. The Kier molecular flexibility index (Phi) is 5.72. The molecule has 4 heteroatoms. The lowest BCUT2D eigenvalue weighted by molar-refractivity contribution is -0.123. The molecule has 3 atom stereocenters. The van der Waals surface area contributed by atoms with Crippen LogP contribution >= 0.6 is 0 Å². The van der Waals surface area contributed by atoms with Crippen LogP contribution in [-0.2, 0) is 16.0 Å². The zero-order valence-electron chi connectivity index (χ0n) is 13.3. The maximum atomic E-state index is 12.1. The van der Waals surface area contributed by atoms with Crippen LogP contribution in [0.15, 0.2) is 24.3 Å². The van der Waals surface area contributed by atoms with E-state index >= 15 is 0 Å². The largest absolute Gasteiger partial charge is 0.394 e. The number of hydrogen-bond acceptors (Lipinski definition) is 3. The van der Waals surface area contributed by atoms with Gasteiger partial charge in [-0.1, -0.05) is 24.3 Å². The van der Waals surface area contributed by atoms with Crippen molar-refractivity contribution in [2.24, 2.45) is 5.92 Å². The molecule has 0 radical (unpaired) electrons. The van der Waals surface area contributed by atoms with Gasteiger partial charge in [-0.2, -0.15) is 0 Å². The topological polar surface area (TPSA) is 66.4 Å². The molecule has 4 nitrogen and oxygen atoms in total. The molecule has 1 aromatic rings. The van der Waals surface area contributed by atoms with Crippen molar-refractivity contribution >= 4 is 11.7 Å². The molecule has 1 amide bonds. The number of hydrogen-bond donors (Lipinski definition) is 2. The number of nitrogens with one attached hydrogen (secondary N) is 1. The van der Waals surface area contributed by atoms with Gasteiger partial charge in [0, 0.05) is 18.4 Å². The van der Waals surface area contributed by atoms with E-state index in [9.17, 15) is 9.59 Å². The van der Waals surface area contributed by atoms with Crippen LogP contribution in [0.5, 0.6) is 0 Å². The highest BCUT2D eigenvalue weighted by Gasteiger charge is 2.24. The van der Waals surface area contributed by atoms with Gasteiger partial charge in [0.05, 0.1) is 12.5 Å². The molecule has 1 fully saturated rings. The van der Waals surface area contributed by atoms with E-state index in [2.05, 4.69) is 5.32 Å². The van der Waals surface area contributed by atoms with Crippen molar-refractivity contribution in [3.63, 3.8) is 0 Å². The Morgan fingerprint density at radius 3 is 2.55 bits per heavy atom. The van der Waals surface area contributed by atoms with Crippen LogP contribution in [0.3, 0.4) is 0 Å². The summed E-state index contributed by atoms with van der Waals surface area (Å²) < 4.78 is 0. The van der Waals surface area contributed by atoms with Crippen LogP contribution in [0, 0.1) is 5.92 Å². The van der Waals surface area contributed by atoms with Crippen LogP contribution in [0.4, 0.5) is 0 Å². The van der Waals surface area contributed by atoms with Crippen molar-refractivity contribution in [2.75, 3.05) is 6.61 Å². The zero-order chi connectivity index (χ0) is 16.1. The van der Waals surface area contributed by atoms with Gasteiger partial charge in [-0.25, -0.2) is 0 Å². The number of aliphatic hydroxyl groups excluding tert-OH is 1. The van der Waals surface area contributed by atoms with Crippen LogP contribution in [0.2, 0.25) is 0 Å². The predicted octanol–water partition coefficient (Wildman–Crippen LogP) is 2.20. The van der Waals surface area contributed by atoms with Gasteiger partial charge in [-0.05, 0) is 44.2 Å². The molecular weight excluding hydrogens is 278 g/mol. The van der Waals surface area contributed by atoms with Gasteiger partial charge >= 0.3 is 0 Å². The highest BCUT2D eigenvalue weighted by Crippen LogP contribution is 2.25. The SMILES string of the molecule is C[C@H](CO)NC(=O)[C@H](C)c1ccc(C[C@H]2CCCC2=O)cc1. The highest BCUT2D eigenvalue weighted by atomic mass is 16.3. The molecule has 0 heterocycles. The monoisotopic (exact) mass is 303 g/mol. The zero-order valence-corrected chi connectivity index (χ0v) is 13.3. The molecule has 1 aliphatic rings. The average molecular weight is 303 g/mol. The van der Waals surface area contributed by atoms with Gasteiger partial charge in [0.25, 0.3) is 0 Å². The summed E-state index contributed by atoms with van der Waals surface area (Å²) in [6, 6.07) is 7.72. The molecule has 2 N–H and O–H groups in total. The molecular formula is C18H25NO3. The third-order valence-electron chi connectivity index (χ3n) is 4.45. The minimum absolute atomic E-state index is 0.0627. The van der Waals surface area contributed by atoms with Crippen LogP contribution in [0.25, 0.3) is 0 Å². The minimum atomic E-state index is -0.254.